The van der Waals surface area contributed by atoms with Crippen molar-refractivity contribution in [3.8, 4) is 0 Å². The van der Waals surface area contributed by atoms with Crippen molar-refractivity contribution in [3.05, 3.63) is 0 Å². The smallest absolute Gasteiger partial charge is 0.344 e. The highest BCUT2D eigenvalue weighted by Crippen LogP contribution is 1.83. The minimum Gasteiger partial charge on any atom is -0.344 e. The molecule has 66 valence electrons. The molecular formula is C3H13NO4S2. The molecule has 0 saturated heterocycles. The number of hydrogen-bond acceptors (Lipinski definition) is 4. The Morgan fingerprint density at radius 3 is 1.30 bits per heavy atom. The van der Waals surface area contributed by atoms with Crippen molar-refractivity contribution in [3.63, 3.8) is 0 Å². The Balaban J connectivity index is -0.0000000910. The maximum atomic E-state index is 8.74. The van der Waals surface area contributed by atoms with E-state index in [1.165, 1.54) is 0 Å². The molecule has 0 aromatic heterocycles. The van der Waals surface area contributed by atoms with Gasteiger partial charge in [0.25, 0.3) is 0 Å². The molecule has 0 atom stereocenters. The van der Waals surface area contributed by atoms with Crippen LogP contribution in [0.15, 0.2) is 0 Å². The highest BCUT2D eigenvalue weighted by Gasteiger charge is 1.84. The minimum absolute atomic E-state index is 0. The average molecular weight is 191 g/mol. The Morgan fingerprint density at radius 2 is 1.30 bits per heavy atom. The molecule has 0 saturated carbocycles. The van der Waals surface area contributed by atoms with Crippen LogP contribution in [0.5, 0.6) is 0 Å². The van der Waals surface area contributed by atoms with Crippen LogP contribution in [0.25, 0.3) is 0 Å². The van der Waals surface area contributed by atoms with Gasteiger partial charge >= 0.3 is 10.4 Å². The van der Waals surface area contributed by atoms with Crippen molar-refractivity contribution in [2.75, 3.05) is 0 Å². The van der Waals surface area contributed by atoms with E-state index in [9.17, 15) is 0 Å². The molecule has 0 aliphatic carbocycles. The Kier molecular flexibility index (Phi) is 12.1. The third kappa shape index (κ3) is 13000. The normalized spacial score (nSPS) is 9.40. The summed E-state index contributed by atoms with van der Waals surface area (Å²) in [4.78, 5) is 0. The summed E-state index contributed by atoms with van der Waals surface area (Å²) >= 11 is 3.97. The molecule has 5 nitrogen and oxygen atoms in total. The number of thiol groups is 1. The van der Waals surface area contributed by atoms with Crippen LogP contribution in [0.1, 0.15) is 13.8 Å². The molecular weight excluding hydrogens is 178 g/mol. The Labute approximate surface area is 66.4 Å². The molecule has 7 heteroatoms. The predicted octanol–water partition coefficient (Wildman–Crippen LogP) is 0.834. The van der Waals surface area contributed by atoms with Crippen molar-refractivity contribution in [1.82, 2.24) is 6.15 Å². The first kappa shape index (κ1) is 16.6. The standard InChI is InChI=1S/C3H8S.H3N.H2O4S/c1-3(2)4;;1-5(2,3)4/h3-4H,1-2H3;1H3;(H2,1,2,3,4). The molecule has 0 unspecified atom stereocenters. The van der Waals surface area contributed by atoms with Crippen molar-refractivity contribution in [1.29, 1.82) is 0 Å². The highest BCUT2D eigenvalue weighted by atomic mass is 32.3. The first-order valence-electron chi connectivity index (χ1n) is 2.11. The Morgan fingerprint density at radius 1 is 1.30 bits per heavy atom. The van der Waals surface area contributed by atoms with Gasteiger partial charge in [-0.05, 0) is 5.25 Å². The first-order valence-corrected chi connectivity index (χ1v) is 4.02. The van der Waals surface area contributed by atoms with Crippen LogP contribution < -0.4 is 6.15 Å². The Hall–Kier alpha value is 0.180. The maximum absolute atomic E-state index is 8.74. The quantitative estimate of drug-likeness (QED) is 0.335. The van der Waals surface area contributed by atoms with Crippen LogP contribution in [-0.2, 0) is 10.4 Å². The number of hydrogen-bond donors (Lipinski definition) is 4. The van der Waals surface area contributed by atoms with E-state index in [1.807, 2.05) is 13.8 Å². The zero-order valence-corrected chi connectivity index (χ0v) is 7.56. The molecule has 0 bridgehead atoms. The topological polar surface area (TPSA) is 110 Å². The van der Waals surface area contributed by atoms with Crippen LogP contribution in [0, 0.1) is 0 Å². The van der Waals surface area contributed by atoms with Crippen LogP contribution in [0.2, 0.25) is 0 Å². The van der Waals surface area contributed by atoms with Gasteiger partial charge in [0.1, 0.15) is 0 Å². The molecule has 0 aromatic rings. The van der Waals surface area contributed by atoms with E-state index in [4.69, 9.17) is 17.5 Å². The lowest BCUT2D eigenvalue weighted by atomic mass is 10.6. The lowest BCUT2D eigenvalue weighted by Gasteiger charge is -1.78. The molecule has 0 spiro atoms. The van der Waals surface area contributed by atoms with E-state index in [1.54, 1.807) is 0 Å². The van der Waals surface area contributed by atoms with Crippen LogP contribution in [0.4, 0.5) is 0 Å². The maximum Gasteiger partial charge on any atom is 0.394 e. The number of rotatable bonds is 0. The van der Waals surface area contributed by atoms with Crippen molar-refractivity contribution in [2.45, 2.75) is 19.1 Å². The minimum atomic E-state index is -4.67. The molecule has 10 heavy (non-hydrogen) atoms. The lowest BCUT2D eigenvalue weighted by Crippen LogP contribution is -1.89. The van der Waals surface area contributed by atoms with Gasteiger partial charge in [0.15, 0.2) is 0 Å². The van der Waals surface area contributed by atoms with E-state index in [0.717, 1.165) is 0 Å². The average Bonchev–Trinajstić information content (AvgIpc) is 1.19. The second-order valence-electron chi connectivity index (χ2n) is 1.54. The molecule has 0 amide bonds. The van der Waals surface area contributed by atoms with E-state index in [2.05, 4.69) is 12.6 Å². The van der Waals surface area contributed by atoms with Gasteiger partial charge in [0.05, 0.1) is 0 Å². The van der Waals surface area contributed by atoms with Gasteiger partial charge in [-0.2, -0.15) is 21.0 Å². The SMILES string of the molecule is CC(C)S.N.O=S(=O)(O)O. The molecule has 0 aliphatic rings. The second-order valence-corrected chi connectivity index (χ2v) is 3.47. The van der Waals surface area contributed by atoms with Crippen LogP contribution in [0.3, 0.4) is 0 Å². The predicted molar refractivity (Wildman–Crippen MR) is 43.3 cm³/mol. The van der Waals surface area contributed by atoms with Gasteiger partial charge < -0.3 is 6.15 Å². The van der Waals surface area contributed by atoms with Gasteiger partial charge in [0.2, 0.25) is 0 Å². The van der Waals surface area contributed by atoms with Crippen molar-refractivity contribution in [2.24, 2.45) is 0 Å². The zero-order chi connectivity index (χ0) is 8.08. The van der Waals surface area contributed by atoms with Crippen LogP contribution in [-0.4, -0.2) is 22.8 Å². The van der Waals surface area contributed by atoms with Crippen molar-refractivity contribution < 1.29 is 17.5 Å². The molecule has 0 heterocycles. The van der Waals surface area contributed by atoms with Gasteiger partial charge in [-0.1, -0.05) is 13.8 Å². The lowest BCUT2D eigenvalue weighted by molar-refractivity contribution is 0.381. The summed E-state index contributed by atoms with van der Waals surface area (Å²) < 4.78 is 31.6. The fourth-order valence-electron chi connectivity index (χ4n) is 0. The highest BCUT2D eigenvalue weighted by molar-refractivity contribution is 7.80. The summed E-state index contributed by atoms with van der Waals surface area (Å²) in [6.07, 6.45) is 0. The molecule has 0 aromatic carbocycles. The Bertz CT molecular complexity index is 130. The van der Waals surface area contributed by atoms with Crippen LogP contribution >= 0.6 is 12.6 Å². The summed E-state index contributed by atoms with van der Waals surface area (Å²) in [5, 5.41) is 0.528. The summed E-state index contributed by atoms with van der Waals surface area (Å²) in [6, 6.07) is 0. The summed E-state index contributed by atoms with van der Waals surface area (Å²) in [5.41, 5.74) is 0. The van der Waals surface area contributed by atoms with E-state index >= 15 is 0 Å². The molecule has 5 N–H and O–H groups in total. The zero-order valence-electron chi connectivity index (χ0n) is 5.85. The summed E-state index contributed by atoms with van der Waals surface area (Å²) in [5.74, 6) is 0. The fraction of sp³-hybridized carbons (Fsp3) is 1.00. The monoisotopic (exact) mass is 191 g/mol. The van der Waals surface area contributed by atoms with Gasteiger partial charge in [0, 0.05) is 0 Å². The van der Waals surface area contributed by atoms with Gasteiger partial charge in [-0.3, -0.25) is 9.11 Å². The van der Waals surface area contributed by atoms with Gasteiger partial charge in [-0.15, -0.1) is 0 Å². The summed E-state index contributed by atoms with van der Waals surface area (Å²) in [7, 11) is -4.67. The van der Waals surface area contributed by atoms with E-state index < -0.39 is 10.4 Å². The fourth-order valence-corrected chi connectivity index (χ4v) is 0. The molecule has 0 rings (SSSR count). The molecule has 0 radical (unpaired) electrons. The second kappa shape index (κ2) is 7.29. The van der Waals surface area contributed by atoms with Gasteiger partial charge in [-0.25, -0.2) is 0 Å². The third-order valence-electron chi connectivity index (χ3n) is 0. The van der Waals surface area contributed by atoms with Crippen molar-refractivity contribution >= 4 is 23.0 Å². The third-order valence-corrected chi connectivity index (χ3v) is 0. The van der Waals surface area contributed by atoms with E-state index in [-0.39, 0.29) is 6.15 Å². The molecule has 0 fully saturated rings. The largest absolute Gasteiger partial charge is 0.394 e. The summed E-state index contributed by atoms with van der Waals surface area (Å²) in [6.45, 7) is 4.06. The molecule has 0 aliphatic heterocycles. The van der Waals surface area contributed by atoms with E-state index in [0.29, 0.717) is 5.25 Å². The first-order chi connectivity index (χ1) is 3.73.